The summed E-state index contributed by atoms with van der Waals surface area (Å²) in [7, 11) is 1.62. The average Bonchev–Trinajstić information content (AvgIpc) is 2.87. The molecule has 3 aromatic rings. The van der Waals surface area contributed by atoms with E-state index in [1.165, 1.54) is 32.0 Å². The number of halogens is 2. The Morgan fingerprint density at radius 3 is 2.77 bits per heavy atom. The number of unbranched alkanes of at least 4 members (excludes halogenated alkanes) is 3. The van der Waals surface area contributed by atoms with Crippen molar-refractivity contribution in [2.75, 3.05) is 45.3 Å². The van der Waals surface area contributed by atoms with Gasteiger partial charge in [-0.15, -0.1) is 0 Å². The third-order valence-electron chi connectivity index (χ3n) is 6.08. The number of morpholine rings is 1. The second-order valence-corrected chi connectivity index (χ2v) is 9.48. The molecule has 1 fully saturated rings. The van der Waals surface area contributed by atoms with Gasteiger partial charge in [0.25, 0.3) is 0 Å². The lowest BCUT2D eigenvalue weighted by molar-refractivity contribution is -0.0484. The first-order valence-corrected chi connectivity index (χ1v) is 12.8. The second-order valence-electron chi connectivity index (χ2n) is 8.66. The number of aromatic nitrogens is 2. The van der Waals surface area contributed by atoms with E-state index in [1.807, 2.05) is 18.2 Å². The average molecular weight is 519 g/mol. The van der Waals surface area contributed by atoms with Crippen LogP contribution in [0.25, 0.3) is 10.9 Å². The molecule has 1 unspecified atom stereocenters. The molecule has 0 spiro atoms. The van der Waals surface area contributed by atoms with Crippen LogP contribution in [0, 0.1) is 0 Å². The quantitative estimate of drug-likeness (QED) is 0.296. The van der Waals surface area contributed by atoms with Crippen LogP contribution in [0.2, 0.25) is 10.0 Å². The van der Waals surface area contributed by atoms with Crippen molar-refractivity contribution in [2.45, 2.75) is 38.7 Å². The van der Waals surface area contributed by atoms with E-state index >= 15 is 0 Å². The minimum absolute atomic E-state index is 0.0209. The van der Waals surface area contributed by atoms with E-state index in [2.05, 4.69) is 27.1 Å². The van der Waals surface area contributed by atoms with Crippen LogP contribution < -0.4 is 14.8 Å². The van der Waals surface area contributed by atoms with Crippen LogP contribution in [-0.2, 0) is 4.74 Å². The molecule has 0 saturated carbocycles. The van der Waals surface area contributed by atoms with Gasteiger partial charge in [-0.05, 0) is 37.2 Å². The normalized spacial score (nSPS) is 16.4. The van der Waals surface area contributed by atoms with Crippen molar-refractivity contribution >= 4 is 45.6 Å². The molecule has 2 heterocycles. The number of ether oxygens (including phenoxy) is 3. The Balaban J connectivity index is 1.44. The lowest BCUT2D eigenvalue weighted by atomic mass is 10.2. The van der Waals surface area contributed by atoms with Gasteiger partial charge in [-0.1, -0.05) is 49.4 Å². The summed E-state index contributed by atoms with van der Waals surface area (Å²) in [5.41, 5.74) is 1.51. The number of methoxy groups -OCH3 is 1. The Hall–Kier alpha value is -2.32. The molecular formula is C26H32Cl2N4O3. The maximum absolute atomic E-state index is 6.16. The van der Waals surface area contributed by atoms with Crippen molar-refractivity contribution in [3.05, 3.63) is 46.7 Å². The zero-order chi connectivity index (χ0) is 24.6. The summed E-state index contributed by atoms with van der Waals surface area (Å²) in [5, 5.41) is 5.04. The molecule has 1 N–H and O–H groups in total. The number of anilines is 2. The first kappa shape index (κ1) is 25.8. The maximum Gasteiger partial charge on any atom is 0.163 e. The Morgan fingerprint density at radius 1 is 1.09 bits per heavy atom. The van der Waals surface area contributed by atoms with Gasteiger partial charge in [0.2, 0.25) is 0 Å². The molecule has 1 saturated heterocycles. The van der Waals surface area contributed by atoms with Crippen molar-refractivity contribution in [1.29, 1.82) is 0 Å². The molecule has 188 valence electrons. The van der Waals surface area contributed by atoms with Gasteiger partial charge >= 0.3 is 0 Å². The minimum Gasteiger partial charge on any atom is -0.493 e. The first-order valence-electron chi connectivity index (χ1n) is 12.1. The minimum atomic E-state index is 0.0209. The smallest absolute Gasteiger partial charge is 0.163 e. The molecule has 1 aliphatic heterocycles. The third kappa shape index (κ3) is 6.88. The van der Waals surface area contributed by atoms with Crippen LogP contribution in [0.5, 0.6) is 11.5 Å². The Kier molecular flexibility index (Phi) is 9.26. The monoisotopic (exact) mass is 518 g/mol. The van der Waals surface area contributed by atoms with Gasteiger partial charge in [0.05, 0.1) is 29.3 Å². The van der Waals surface area contributed by atoms with E-state index in [9.17, 15) is 0 Å². The fourth-order valence-corrected chi connectivity index (χ4v) is 4.47. The highest BCUT2D eigenvalue weighted by molar-refractivity contribution is 6.42. The molecule has 4 rings (SSSR count). The maximum atomic E-state index is 6.16. The molecule has 1 atom stereocenters. The molecule has 35 heavy (non-hydrogen) atoms. The Morgan fingerprint density at radius 2 is 1.97 bits per heavy atom. The first-order chi connectivity index (χ1) is 17.1. The third-order valence-corrected chi connectivity index (χ3v) is 6.82. The van der Waals surface area contributed by atoms with E-state index in [1.54, 1.807) is 19.2 Å². The zero-order valence-corrected chi connectivity index (χ0v) is 21.7. The van der Waals surface area contributed by atoms with Crippen molar-refractivity contribution in [3.8, 4) is 11.5 Å². The summed E-state index contributed by atoms with van der Waals surface area (Å²) in [5.74, 6) is 1.87. The van der Waals surface area contributed by atoms with Crippen molar-refractivity contribution in [1.82, 2.24) is 14.9 Å². The highest BCUT2D eigenvalue weighted by Gasteiger charge is 2.22. The molecular weight excluding hydrogens is 487 g/mol. The van der Waals surface area contributed by atoms with Crippen LogP contribution in [0.4, 0.5) is 11.5 Å². The summed E-state index contributed by atoms with van der Waals surface area (Å²) in [6, 6.07) is 9.09. The summed E-state index contributed by atoms with van der Waals surface area (Å²) in [6.07, 6.45) is 6.61. The molecule has 7 nitrogen and oxygen atoms in total. The van der Waals surface area contributed by atoms with Gasteiger partial charge in [-0.2, -0.15) is 0 Å². The van der Waals surface area contributed by atoms with Gasteiger partial charge in [-0.3, -0.25) is 4.90 Å². The predicted molar refractivity (Wildman–Crippen MR) is 142 cm³/mol. The van der Waals surface area contributed by atoms with Crippen LogP contribution >= 0.6 is 23.2 Å². The molecule has 9 heteroatoms. The van der Waals surface area contributed by atoms with Crippen LogP contribution in [0.3, 0.4) is 0 Å². The van der Waals surface area contributed by atoms with Crippen LogP contribution in [0.15, 0.2) is 36.7 Å². The number of hydrogen-bond acceptors (Lipinski definition) is 7. The SMILES string of the molecule is CCCCCCN1CCOC(COc2cc3ncnc(Nc4ccc(Cl)c(Cl)c4)c3cc2OC)C1. The summed E-state index contributed by atoms with van der Waals surface area (Å²) < 4.78 is 17.8. The molecule has 0 amide bonds. The lowest BCUT2D eigenvalue weighted by Gasteiger charge is -2.32. The Bertz CT molecular complexity index is 1130. The highest BCUT2D eigenvalue weighted by atomic mass is 35.5. The molecule has 0 radical (unpaired) electrons. The highest BCUT2D eigenvalue weighted by Crippen LogP contribution is 2.35. The zero-order valence-electron chi connectivity index (χ0n) is 20.2. The van der Waals surface area contributed by atoms with E-state index in [0.29, 0.717) is 34.0 Å². The summed E-state index contributed by atoms with van der Waals surface area (Å²) >= 11 is 12.2. The molecule has 0 aliphatic carbocycles. The van der Waals surface area contributed by atoms with E-state index in [4.69, 9.17) is 37.4 Å². The lowest BCUT2D eigenvalue weighted by Crippen LogP contribution is -2.45. The number of hydrogen-bond donors (Lipinski definition) is 1. The number of nitrogens with zero attached hydrogens (tertiary/aromatic N) is 3. The second kappa shape index (κ2) is 12.6. The number of benzene rings is 2. The fourth-order valence-electron chi connectivity index (χ4n) is 4.18. The summed E-state index contributed by atoms with van der Waals surface area (Å²) in [6.45, 7) is 6.39. The van der Waals surface area contributed by atoms with Gasteiger partial charge < -0.3 is 19.5 Å². The van der Waals surface area contributed by atoms with E-state index < -0.39 is 0 Å². The predicted octanol–water partition coefficient (Wildman–Crippen LogP) is 6.35. The van der Waals surface area contributed by atoms with Gasteiger partial charge in [-0.25, -0.2) is 9.97 Å². The van der Waals surface area contributed by atoms with Crippen LogP contribution in [0.1, 0.15) is 32.6 Å². The van der Waals surface area contributed by atoms with Crippen LogP contribution in [-0.4, -0.2) is 60.9 Å². The topological polar surface area (TPSA) is 68.7 Å². The van der Waals surface area contributed by atoms with Crippen molar-refractivity contribution in [2.24, 2.45) is 0 Å². The fraction of sp³-hybridized carbons (Fsp3) is 0.462. The Labute approximate surface area is 216 Å². The van der Waals surface area contributed by atoms with Gasteiger partial charge in [0.15, 0.2) is 11.5 Å². The van der Waals surface area contributed by atoms with E-state index in [0.717, 1.165) is 42.8 Å². The standard InChI is InChI=1S/C26H32Cl2N4O3/c1-3-4-5-6-9-32-10-11-34-19(15-32)16-35-25-14-23-20(13-24(25)33-2)26(30-17-29-23)31-18-7-8-21(27)22(28)12-18/h7-8,12-14,17,19H,3-6,9-11,15-16H2,1-2H3,(H,29,30,31). The summed E-state index contributed by atoms with van der Waals surface area (Å²) in [4.78, 5) is 11.3. The number of fused-ring (bicyclic) bond motifs is 1. The number of rotatable bonds is 11. The van der Waals surface area contributed by atoms with E-state index in [-0.39, 0.29) is 6.10 Å². The molecule has 0 bridgehead atoms. The van der Waals surface area contributed by atoms with Gasteiger partial charge in [0, 0.05) is 30.2 Å². The van der Waals surface area contributed by atoms with Gasteiger partial charge in [0.1, 0.15) is 24.9 Å². The number of nitrogens with one attached hydrogen (secondary N) is 1. The largest absolute Gasteiger partial charge is 0.493 e. The van der Waals surface area contributed by atoms with Crippen molar-refractivity contribution < 1.29 is 14.2 Å². The van der Waals surface area contributed by atoms with Crippen molar-refractivity contribution in [3.63, 3.8) is 0 Å². The molecule has 2 aromatic carbocycles. The molecule has 1 aromatic heterocycles. The molecule has 1 aliphatic rings.